The molecule has 0 spiro atoms. The van der Waals surface area contributed by atoms with E-state index in [0.29, 0.717) is 31.4 Å². The third-order valence-electron chi connectivity index (χ3n) is 5.47. The maximum atomic E-state index is 12.6. The summed E-state index contributed by atoms with van der Waals surface area (Å²) in [7, 11) is 0. The van der Waals surface area contributed by atoms with Crippen LogP contribution < -0.4 is 5.32 Å². The summed E-state index contributed by atoms with van der Waals surface area (Å²) in [5.41, 5.74) is 4.82. The summed E-state index contributed by atoms with van der Waals surface area (Å²) in [5, 5.41) is 23.0. The Bertz CT molecular complexity index is 981. The van der Waals surface area contributed by atoms with Crippen LogP contribution in [0.1, 0.15) is 23.1 Å². The number of fused-ring (bicyclic) bond motifs is 1. The molecular formula is C24H23NO3. The third-order valence-corrected chi connectivity index (χ3v) is 5.47. The molecule has 4 heteroatoms. The number of amides is 1. The number of aromatic hydroxyl groups is 2. The number of carbonyl (C=O) groups is 1. The monoisotopic (exact) mass is 373 g/mol. The lowest BCUT2D eigenvalue weighted by atomic mass is 9.82. The van der Waals surface area contributed by atoms with Gasteiger partial charge in [-0.05, 0) is 48.1 Å². The van der Waals surface area contributed by atoms with Crippen LogP contribution in [0.3, 0.4) is 0 Å². The van der Waals surface area contributed by atoms with Crippen molar-refractivity contribution in [2.75, 3.05) is 0 Å². The highest BCUT2D eigenvalue weighted by Gasteiger charge is 2.28. The van der Waals surface area contributed by atoms with Gasteiger partial charge < -0.3 is 15.5 Å². The lowest BCUT2D eigenvalue weighted by Crippen LogP contribution is -2.33. The van der Waals surface area contributed by atoms with Crippen LogP contribution in [0.5, 0.6) is 11.5 Å². The first-order chi connectivity index (χ1) is 13.6. The summed E-state index contributed by atoms with van der Waals surface area (Å²) in [5.74, 6) is 0.149. The van der Waals surface area contributed by atoms with Crippen LogP contribution in [0.4, 0.5) is 0 Å². The first-order valence-corrected chi connectivity index (χ1v) is 9.56. The topological polar surface area (TPSA) is 69.6 Å². The largest absolute Gasteiger partial charge is 0.508 e. The Kier molecular flexibility index (Phi) is 5.02. The molecule has 0 radical (unpaired) electrons. The highest BCUT2D eigenvalue weighted by molar-refractivity contribution is 5.79. The van der Waals surface area contributed by atoms with Crippen molar-refractivity contribution in [1.29, 1.82) is 0 Å². The molecular weight excluding hydrogens is 350 g/mol. The molecule has 3 aromatic rings. The molecule has 1 aliphatic carbocycles. The molecule has 4 nitrogen and oxygen atoms in total. The number of hydrogen-bond acceptors (Lipinski definition) is 3. The van der Waals surface area contributed by atoms with E-state index in [9.17, 15) is 15.0 Å². The van der Waals surface area contributed by atoms with E-state index in [1.807, 2.05) is 30.3 Å². The fourth-order valence-corrected chi connectivity index (χ4v) is 3.84. The van der Waals surface area contributed by atoms with Crippen molar-refractivity contribution in [3.05, 3.63) is 83.4 Å². The first kappa shape index (κ1) is 18.1. The van der Waals surface area contributed by atoms with E-state index in [2.05, 4.69) is 29.6 Å². The molecule has 28 heavy (non-hydrogen) atoms. The fourth-order valence-electron chi connectivity index (χ4n) is 3.84. The average molecular weight is 373 g/mol. The summed E-state index contributed by atoms with van der Waals surface area (Å²) in [6, 6.07) is 21.4. The third kappa shape index (κ3) is 3.72. The molecule has 3 aromatic carbocycles. The molecule has 3 N–H and O–H groups in total. The highest BCUT2D eigenvalue weighted by atomic mass is 16.3. The molecule has 0 aliphatic heterocycles. The normalized spacial score (nSPS) is 15.6. The molecule has 0 heterocycles. The molecule has 1 aliphatic rings. The smallest absolute Gasteiger partial charge is 0.223 e. The van der Waals surface area contributed by atoms with Gasteiger partial charge in [-0.15, -0.1) is 0 Å². The number of rotatable bonds is 4. The molecule has 142 valence electrons. The van der Waals surface area contributed by atoms with E-state index in [1.54, 1.807) is 0 Å². The molecule has 1 atom stereocenters. The van der Waals surface area contributed by atoms with Crippen LogP contribution in [0.2, 0.25) is 0 Å². The van der Waals surface area contributed by atoms with Crippen molar-refractivity contribution in [2.24, 2.45) is 5.92 Å². The van der Waals surface area contributed by atoms with E-state index in [4.69, 9.17) is 0 Å². The predicted octanol–water partition coefficient (Wildman–Crippen LogP) is 4.19. The Hall–Kier alpha value is -3.27. The van der Waals surface area contributed by atoms with E-state index in [0.717, 1.165) is 16.7 Å². The summed E-state index contributed by atoms with van der Waals surface area (Å²) in [4.78, 5) is 12.6. The van der Waals surface area contributed by atoms with Crippen LogP contribution >= 0.6 is 0 Å². The number of benzene rings is 3. The zero-order chi connectivity index (χ0) is 19.5. The Morgan fingerprint density at radius 2 is 1.50 bits per heavy atom. The fraction of sp³-hybridized carbons (Fsp3) is 0.208. The van der Waals surface area contributed by atoms with Crippen molar-refractivity contribution in [3.63, 3.8) is 0 Å². The minimum absolute atomic E-state index is 0.0134. The SMILES string of the molecule is O=C(NCc1ccc(-c2ccccc2)cc1)C1CCc2c(O)ccc(O)c2C1. The summed E-state index contributed by atoms with van der Waals surface area (Å²) >= 11 is 0. The minimum Gasteiger partial charge on any atom is -0.508 e. The van der Waals surface area contributed by atoms with Gasteiger partial charge in [0.25, 0.3) is 0 Å². The molecule has 1 amide bonds. The van der Waals surface area contributed by atoms with Gasteiger partial charge in [-0.25, -0.2) is 0 Å². The standard InChI is InChI=1S/C24H23NO3/c26-22-12-13-23(27)21-14-19(10-11-20(21)22)24(28)25-15-16-6-8-18(9-7-16)17-4-2-1-3-5-17/h1-9,12-13,19,26-27H,10-11,14-15H2,(H,25,28). The second-order valence-electron chi connectivity index (χ2n) is 7.28. The average Bonchev–Trinajstić information content (AvgIpc) is 2.75. The van der Waals surface area contributed by atoms with Crippen molar-refractivity contribution >= 4 is 5.91 Å². The second-order valence-corrected chi connectivity index (χ2v) is 7.28. The zero-order valence-corrected chi connectivity index (χ0v) is 15.6. The maximum absolute atomic E-state index is 12.6. The highest BCUT2D eigenvalue weighted by Crippen LogP contribution is 2.36. The van der Waals surface area contributed by atoms with E-state index < -0.39 is 0 Å². The van der Waals surface area contributed by atoms with Crippen LogP contribution in [0, 0.1) is 5.92 Å². The van der Waals surface area contributed by atoms with Gasteiger partial charge in [-0.1, -0.05) is 54.6 Å². The summed E-state index contributed by atoms with van der Waals surface area (Å²) in [6.45, 7) is 0.475. The van der Waals surface area contributed by atoms with Crippen molar-refractivity contribution in [3.8, 4) is 22.6 Å². The Morgan fingerprint density at radius 3 is 2.21 bits per heavy atom. The Labute approximate surface area is 164 Å². The van der Waals surface area contributed by atoms with Crippen molar-refractivity contribution in [1.82, 2.24) is 5.32 Å². The first-order valence-electron chi connectivity index (χ1n) is 9.56. The van der Waals surface area contributed by atoms with Gasteiger partial charge in [-0.3, -0.25) is 4.79 Å². The summed E-state index contributed by atoms with van der Waals surface area (Å²) in [6.07, 6.45) is 1.72. The van der Waals surface area contributed by atoms with Gasteiger partial charge in [-0.2, -0.15) is 0 Å². The number of phenols is 2. The van der Waals surface area contributed by atoms with Gasteiger partial charge in [0, 0.05) is 23.6 Å². The predicted molar refractivity (Wildman–Crippen MR) is 109 cm³/mol. The zero-order valence-electron chi connectivity index (χ0n) is 15.6. The lowest BCUT2D eigenvalue weighted by Gasteiger charge is -2.25. The van der Waals surface area contributed by atoms with Gasteiger partial charge >= 0.3 is 0 Å². The molecule has 0 saturated carbocycles. The van der Waals surface area contributed by atoms with Crippen LogP contribution in [0.15, 0.2) is 66.7 Å². The minimum atomic E-state index is -0.191. The van der Waals surface area contributed by atoms with Gasteiger partial charge in [0.2, 0.25) is 5.91 Å². The van der Waals surface area contributed by atoms with E-state index in [1.165, 1.54) is 17.7 Å². The molecule has 0 bridgehead atoms. The Morgan fingerprint density at radius 1 is 0.857 bits per heavy atom. The van der Waals surface area contributed by atoms with Crippen molar-refractivity contribution < 1.29 is 15.0 Å². The Balaban J connectivity index is 1.38. The second kappa shape index (κ2) is 7.77. The van der Waals surface area contributed by atoms with Crippen LogP contribution in [0.25, 0.3) is 11.1 Å². The van der Waals surface area contributed by atoms with E-state index >= 15 is 0 Å². The quantitative estimate of drug-likeness (QED) is 0.601. The van der Waals surface area contributed by atoms with Crippen LogP contribution in [-0.2, 0) is 24.2 Å². The van der Waals surface area contributed by atoms with Crippen molar-refractivity contribution in [2.45, 2.75) is 25.8 Å². The maximum Gasteiger partial charge on any atom is 0.223 e. The lowest BCUT2D eigenvalue weighted by molar-refractivity contribution is -0.125. The number of phenolic OH excluding ortho intramolecular Hbond substituents is 2. The number of nitrogens with one attached hydrogen (secondary N) is 1. The summed E-state index contributed by atoms with van der Waals surface area (Å²) < 4.78 is 0. The van der Waals surface area contributed by atoms with Gasteiger partial charge in [0.1, 0.15) is 11.5 Å². The number of hydrogen-bond donors (Lipinski definition) is 3. The number of carbonyl (C=O) groups excluding carboxylic acids is 1. The molecule has 4 rings (SSSR count). The molecule has 0 aromatic heterocycles. The molecule has 0 fully saturated rings. The molecule has 1 unspecified atom stereocenters. The van der Waals surface area contributed by atoms with Gasteiger partial charge in [0.15, 0.2) is 0 Å². The van der Waals surface area contributed by atoms with E-state index in [-0.39, 0.29) is 23.3 Å². The van der Waals surface area contributed by atoms with Crippen LogP contribution in [-0.4, -0.2) is 16.1 Å². The molecule has 0 saturated heterocycles. The van der Waals surface area contributed by atoms with Gasteiger partial charge in [0.05, 0.1) is 0 Å².